The summed E-state index contributed by atoms with van der Waals surface area (Å²) in [5.41, 5.74) is 3.46. The molecule has 0 radical (unpaired) electrons. The van der Waals surface area contributed by atoms with Crippen LogP contribution in [0.1, 0.15) is 25.0 Å². The molecule has 0 saturated heterocycles. The molecule has 1 aliphatic heterocycles. The second-order valence-electron chi connectivity index (χ2n) is 8.03. The van der Waals surface area contributed by atoms with Crippen molar-refractivity contribution in [2.75, 3.05) is 18.9 Å². The standard InChI is InChI=1S/C27H32NO3P/c1-3-31-27(29)15-19-28-18-14-23(2)22-26(28)32(30,20-16-24-10-6-4-7-11-24)21-17-25-12-8-5-9-13-25/h4-15,18-19,22,26H,3,16-17,20-21H2,1-2H3/b19-15+. The van der Waals surface area contributed by atoms with Gasteiger partial charge in [0.05, 0.1) is 6.61 Å². The molecular weight excluding hydrogens is 417 g/mol. The Labute approximate surface area is 191 Å². The zero-order valence-electron chi connectivity index (χ0n) is 18.9. The normalized spacial score (nSPS) is 16.2. The molecule has 0 bridgehead atoms. The Morgan fingerprint density at radius 1 is 1.00 bits per heavy atom. The van der Waals surface area contributed by atoms with Gasteiger partial charge < -0.3 is 14.2 Å². The van der Waals surface area contributed by atoms with E-state index in [1.807, 2.05) is 60.5 Å². The van der Waals surface area contributed by atoms with Crippen LogP contribution in [-0.2, 0) is 26.9 Å². The van der Waals surface area contributed by atoms with Crippen LogP contribution < -0.4 is 0 Å². The third-order valence-electron chi connectivity index (χ3n) is 5.62. The molecule has 0 N–H and O–H groups in total. The van der Waals surface area contributed by atoms with Gasteiger partial charge in [0.2, 0.25) is 0 Å². The third kappa shape index (κ3) is 6.83. The summed E-state index contributed by atoms with van der Waals surface area (Å²) >= 11 is 0. The highest BCUT2D eigenvalue weighted by Gasteiger charge is 2.35. The fourth-order valence-corrected chi connectivity index (χ4v) is 7.00. The third-order valence-corrected chi connectivity index (χ3v) is 8.96. The van der Waals surface area contributed by atoms with E-state index >= 15 is 0 Å². The van der Waals surface area contributed by atoms with Crippen LogP contribution in [0.4, 0.5) is 0 Å². The first-order valence-corrected chi connectivity index (χ1v) is 13.3. The van der Waals surface area contributed by atoms with Gasteiger partial charge in [-0.25, -0.2) is 4.79 Å². The number of aryl methyl sites for hydroxylation is 2. The van der Waals surface area contributed by atoms with Crippen LogP contribution in [0.2, 0.25) is 0 Å². The van der Waals surface area contributed by atoms with Crippen LogP contribution in [0, 0.1) is 0 Å². The predicted molar refractivity (Wildman–Crippen MR) is 132 cm³/mol. The van der Waals surface area contributed by atoms with Crippen LogP contribution in [-0.4, -0.2) is 35.6 Å². The molecule has 0 saturated carbocycles. The number of nitrogens with zero attached hydrogens (tertiary/aromatic N) is 1. The summed E-state index contributed by atoms with van der Waals surface area (Å²) in [6.07, 6.45) is 11.8. The summed E-state index contributed by atoms with van der Waals surface area (Å²) in [5, 5.41) is 0. The van der Waals surface area contributed by atoms with Gasteiger partial charge in [-0.15, -0.1) is 0 Å². The van der Waals surface area contributed by atoms with Crippen molar-refractivity contribution in [1.82, 2.24) is 4.90 Å². The fourth-order valence-electron chi connectivity index (χ4n) is 3.82. The zero-order valence-corrected chi connectivity index (χ0v) is 19.8. The second-order valence-corrected chi connectivity index (χ2v) is 11.4. The van der Waals surface area contributed by atoms with Crippen LogP contribution in [0.3, 0.4) is 0 Å². The number of allylic oxidation sites excluding steroid dienone is 2. The molecular formula is C27H32NO3P. The monoisotopic (exact) mass is 449 g/mol. The molecule has 3 rings (SSSR count). The lowest BCUT2D eigenvalue weighted by Crippen LogP contribution is -2.30. The molecule has 2 aromatic carbocycles. The molecule has 1 aliphatic rings. The van der Waals surface area contributed by atoms with E-state index in [1.54, 1.807) is 13.1 Å². The Morgan fingerprint density at radius 3 is 2.09 bits per heavy atom. The first-order chi connectivity index (χ1) is 15.5. The highest BCUT2D eigenvalue weighted by atomic mass is 31.2. The number of carbonyl (C=O) groups is 1. The van der Waals surface area contributed by atoms with Gasteiger partial charge in [0, 0.05) is 30.8 Å². The van der Waals surface area contributed by atoms with Gasteiger partial charge in [-0.1, -0.05) is 72.3 Å². The smallest absolute Gasteiger partial charge is 0.332 e. The molecule has 0 aromatic heterocycles. The molecule has 0 amide bonds. The van der Waals surface area contributed by atoms with E-state index in [2.05, 4.69) is 30.3 Å². The number of benzene rings is 2. The molecule has 168 valence electrons. The molecule has 4 nitrogen and oxygen atoms in total. The maximum atomic E-state index is 14.6. The number of ether oxygens (including phenoxy) is 1. The fraction of sp³-hybridized carbons (Fsp3) is 0.296. The number of carbonyl (C=O) groups excluding carboxylic acids is 1. The molecule has 0 spiro atoms. The lowest BCUT2D eigenvalue weighted by Gasteiger charge is -2.35. The van der Waals surface area contributed by atoms with Crippen molar-refractivity contribution in [3.05, 3.63) is 108 Å². The molecule has 2 aromatic rings. The minimum Gasteiger partial charge on any atom is -0.463 e. The van der Waals surface area contributed by atoms with Crippen molar-refractivity contribution in [2.45, 2.75) is 32.5 Å². The molecule has 1 heterocycles. The zero-order chi connectivity index (χ0) is 22.8. The average Bonchev–Trinajstić information content (AvgIpc) is 2.82. The topological polar surface area (TPSA) is 46.6 Å². The minimum absolute atomic E-state index is 0.286. The first-order valence-electron chi connectivity index (χ1n) is 11.1. The molecule has 0 fully saturated rings. The van der Waals surface area contributed by atoms with Crippen LogP contribution >= 0.6 is 7.14 Å². The molecule has 0 aliphatic carbocycles. The van der Waals surface area contributed by atoms with Gasteiger partial charge >= 0.3 is 5.97 Å². The van der Waals surface area contributed by atoms with Crippen LogP contribution in [0.5, 0.6) is 0 Å². The van der Waals surface area contributed by atoms with E-state index < -0.39 is 13.1 Å². The number of hydrogen-bond donors (Lipinski definition) is 0. The van der Waals surface area contributed by atoms with E-state index in [1.165, 1.54) is 17.2 Å². The van der Waals surface area contributed by atoms with Gasteiger partial charge in [0.25, 0.3) is 0 Å². The molecule has 1 atom stereocenters. The van der Waals surface area contributed by atoms with E-state index in [0.29, 0.717) is 18.9 Å². The number of rotatable bonds is 10. The lowest BCUT2D eigenvalue weighted by molar-refractivity contribution is -0.137. The largest absolute Gasteiger partial charge is 0.463 e. The molecule has 5 heteroatoms. The van der Waals surface area contributed by atoms with Crippen molar-refractivity contribution in [3.63, 3.8) is 0 Å². The highest BCUT2D eigenvalue weighted by molar-refractivity contribution is 7.64. The van der Waals surface area contributed by atoms with Crippen LogP contribution in [0.15, 0.2) is 96.9 Å². The summed E-state index contributed by atoms with van der Waals surface area (Å²) in [6.45, 7) is 4.13. The van der Waals surface area contributed by atoms with E-state index in [0.717, 1.165) is 18.4 Å². The van der Waals surface area contributed by atoms with Crippen molar-refractivity contribution >= 4 is 13.1 Å². The maximum Gasteiger partial charge on any atom is 0.332 e. The summed E-state index contributed by atoms with van der Waals surface area (Å²) < 4.78 is 19.6. The van der Waals surface area contributed by atoms with Crippen molar-refractivity contribution in [1.29, 1.82) is 0 Å². The molecule has 32 heavy (non-hydrogen) atoms. The first kappa shape index (κ1) is 23.8. The van der Waals surface area contributed by atoms with Gasteiger partial charge in [-0.2, -0.15) is 0 Å². The van der Waals surface area contributed by atoms with E-state index in [4.69, 9.17) is 4.74 Å². The van der Waals surface area contributed by atoms with Crippen molar-refractivity contribution in [2.24, 2.45) is 0 Å². The Hall–Kier alpha value is -2.84. The van der Waals surface area contributed by atoms with E-state index in [9.17, 15) is 9.36 Å². The van der Waals surface area contributed by atoms with Crippen LogP contribution in [0.25, 0.3) is 0 Å². The Morgan fingerprint density at radius 2 is 1.56 bits per heavy atom. The lowest BCUT2D eigenvalue weighted by atomic mass is 10.2. The summed E-state index contributed by atoms with van der Waals surface area (Å²) in [4.78, 5) is 13.8. The van der Waals surface area contributed by atoms with E-state index in [-0.39, 0.29) is 5.78 Å². The Balaban J connectivity index is 1.86. The average molecular weight is 450 g/mol. The second kappa shape index (κ2) is 11.7. The maximum absolute atomic E-state index is 14.6. The number of hydrogen-bond acceptors (Lipinski definition) is 4. The summed E-state index contributed by atoms with van der Waals surface area (Å²) in [6, 6.07) is 20.4. The highest BCUT2D eigenvalue weighted by Crippen LogP contribution is 2.54. The SMILES string of the molecule is CCOC(=O)/C=C/N1C=CC(C)=CC1P(=O)(CCc1ccccc1)CCc1ccccc1. The Bertz CT molecular complexity index is 964. The minimum atomic E-state index is -2.70. The van der Waals surface area contributed by atoms with Crippen molar-refractivity contribution in [3.8, 4) is 0 Å². The predicted octanol–water partition coefficient (Wildman–Crippen LogP) is 6.01. The van der Waals surface area contributed by atoms with Crippen molar-refractivity contribution < 1.29 is 14.1 Å². The van der Waals surface area contributed by atoms with Gasteiger partial charge in [-0.3, -0.25) is 0 Å². The molecule has 1 unspecified atom stereocenters. The number of esters is 1. The Kier molecular flexibility index (Phi) is 8.70. The van der Waals surface area contributed by atoms with Gasteiger partial charge in [0.15, 0.2) is 0 Å². The quantitative estimate of drug-likeness (QED) is 0.253. The summed E-state index contributed by atoms with van der Waals surface area (Å²) in [7, 11) is -2.70. The van der Waals surface area contributed by atoms with Gasteiger partial charge in [0.1, 0.15) is 12.9 Å². The summed E-state index contributed by atoms with van der Waals surface area (Å²) in [5.74, 6) is -0.681. The van der Waals surface area contributed by atoms with Gasteiger partial charge in [-0.05, 0) is 43.9 Å².